The van der Waals surface area contributed by atoms with Crippen molar-refractivity contribution in [2.45, 2.75) is 12.5 Å². The van der Waals surface area contributed by atoms with E-state index < -0.39 is 17.9 Å². The van der Waals surface area contributed by atoms with Gasteiger partial charge in [-0.05, 0) is 18.2 Å². The predicted octanol–water partition coefficient (Wildman–Crippen LogP) is 1.07. The number of imidazole rings is 1. The zero-order valence-electron chi connectivity index (χ0n) is 10.8. The Bertz CT molecular complexity index is 637. The summed E-state index contributed by atoms with van der Waals surface area (Å²) in [4.78, 5) is 29.9. The number of carbonyl (C=O) groups excluding carboxylic acids is 1. The normalized spacial score (nSPS) is 11.9. The monoisotopic (exact) mass is 308 g/mol. The van der Waals surface area contributed by atoms with Crippen LogP contribution in [0.25, 0.3) is 0 Å². The standard InChI is InChI=1S/C13H13ClN4O3/c14-8-1-7(2-9(15)3-8)12(19)18-11(13(20)21)4-10-5-16-6-17-10/h1-3,5-6,11H,4,15H2,(H,16,17)(H,18,19)(H,20,21)/t11-/m1/s1. The number of nitrogens with zero attached hydrogens (tertiary/aromatic N) is 1. The van der Waals surface area contributed by atoms with Gasteiger partial charge in [0.25, 0.3) is 5.91 Å². The Morgan fingerprint density at radius 1 is 1.43 bits per heavy atom. The van der Waals surface area contributed by atoms with Crippen LogP contribution in [0.4, 0.5) is 5.69 Å². The van der Waals surface area contributed by atoms with Gasteiger partial charge in [-0.1, -0.05) is 11.6 Å². The summed E-state index contributed by atoms with van der Waals surface area (Å²) >= 11 is 5.82. The summed E-state index contributed by atoms with van der Waals surface area (Å²) in [6.45, 7) is 0. The van der Waals surface area contributed by atoms with E-state index in [1.165, 1.54) is 30.7 Å². The lowest BCUT2D eigenvalue weighted by Gasteiger charge is -2.14. The van der Waals surface area contributed by atoms with Crippen LogP contribution in [0.15, 0.2) is 30.7 Å². The van der Waals surface area contributed by atoms with E-state index in [0.717, 1.165) is 0 Å². The van der Waals surface area contributed by atoms with Gasteiger partial charge in [0.05, 0.1) is 6.33 Å². The van der Waals surface area contributed by atoms with Crippen LogP contribution in [0.2, 0.25) is 5.02 Å². The van der Waals surface area contributed by atoms with E-state index >= 15 is 0 Å². The molecule has 110 valence electrons. The van der Waals surface area contributed by atoms with Gasteiger partial charge in [-0.3, -0.25) is 4.79 Å². The van der Waals surface area contributed by atoms with Crippen molar-refractivity contribution in [3.05, 3.63) is 47.0 Å². The van der Waals surface area contributed by atoms with Crippen molar-refractivity contribution >= 4 is 29.2 Å². The van der Waals surface area contributed by atoms with Crippen molar-refractivity contribution < 1.29 is 14.7 Å². The third-order valence-electron chi connectivity index (χ3n) is 2.76. The Morgan fingerprint density at radius 2 is 2.19 bits per heavy atom. The number of nitrogens with one attached hydrogen (secondary N) is 2. The quantitative estimate of drug-likeness (QED) is 0.616. The number of rotatable bonds is 5. The number of amides is 1. The zero-order valence-corrected chi connectivity index (χ0v) is 11.6. The number of H-pyrrole nitrogens is 1. The maximum atomic E-state index is 12.1. The van der Waals surface area contributed by atoms with Crippen LogP contribution in [0, 0.1) is 0 Å². The first-order chi connectivity index (χ1) is 9.95. The second-order valence-corrected chi connectivity index (χ2v) is 4.85. The van der Waals surface area contributed by atoms with Crippen LogP contribution in [-0.2, 0) is 11.2 Å². The van der Waals surface area contributed by atoms with E-state index in [1.54, 1.807) is 0 Å². The zero-order chi connectivity index (χ0) is 15.4. The lowest BCUT2D eigenvalue weighted by atomic mass is 10.1. The molecule has 1 amide bonds. The minimum Gasteiger partial charge on any atom is -0.480 e. The Morgan fingerprint density at radius 3 is 2.76 bits per heavy atom. The van der Waals surface area contributed by atoms with Crippen LogP contribution in [0.3, 0.4) is 0 Å². The van der Waals surface area contributed by atoms with Gasteiger partial charge < -0.3 is 21.1 Å². The van der Waals surface area contributed by atoms with Gasteiger partial charge in [-0.25, -0.2) is 9.78 Å². The molecule has 0 saturated carbocycles. The van der Waals surface area contributed by atoms with Crippen molar-refractivity contribution in [1.82, 2.24) is 15.3 Å². The summed E-state index contributed by atoms with van der Waals surface area (Å²) < 4.78 is 0. The highest BCUT2D eigenvalue weighted by Gasteiger charge is 2.22. The number of carboxylic acid groups (broad SMARTS) is 1. The van der Waals surface area contributed by atoms with Gasteiger partial charge in [0.2, 0.25) is 0 Å². The number of aliphatic carboxylic acids is 1. The van der Waals surface area contributed by atoms with E-state index in [1.807, 2.05) is 0 Å². The molecular weight excluding hydrogens is 296 g/mol. The fourth-order valence-corrected chi connectivity index (χ4v) is 2.04. The molecule has 0 unspecified atom stereocenters. The second-order valence-electron chi connectivity index (χ2n) is 4.42. The summed E-state index contributed by atoms with van der Waals surface area (Å²) in [5, 5.41) is 11.9. The van der Waals surface area contributed by atoms with Crippen molar-refractivity contribution in [2.24, 2.45) is 0 Å². The van der Waals surface area contributed by atoms with Crippen LogP contribution in [-0.4, -0.2) is 33.0 Å². The highest BCUT2D eigenvalue weighted by atomic mass is 35.5. The fraction of sp³-hybridized carbons (Fsp3) is 0.154. The van der Waals surface area contributed by atoms with E-state index in [-0.39, 0.29) is 12.0 Å². The number of hydrogen-bond donors (Lipinski definition) is 4. The molecule has 0 radical (unpaired) electrons. The summed E-state index contributed by atoms with van der Waals surface area (Å²) in [5.41, 5.74) is 6.74. The number of anilines is 1. The van der Waals surface area contributed by atoms with E-state index in [0.29, 0.717) is 16.4 Å². The molecule has 1 heterocycles. The van der Waals surface area contributed by atoms with Crippen LogP contribution >= 0.6 is 11.6 Å². The number of benzene rings is 1. The number of nitrogens with two attached hydrogens (primary N) is 1. The average molecular weight is 309 g/mol. The van der Waals surface area contributed by atoms with Crippen LogP contribution in [0.1, 0.15) is 16.1 Å². The molecule has 0 aliphatic rings. The second kappa shape index (κ2) is 6.27. The molecule has 1 aromatic carbocycles. The molecule has 7 nitrogen and oxygen atoms in total. The first-order valence-corrected chi connectivity index (χ1v) is 6.40. The maximum absolute atomic E-state index is 12.1. The predicted molar refractivity (Wildman–Crippen MR) is 77.0 cm³/mol. The van der Waals surface area contributed by atoms with Gasteiger partial charge >= 0.3 is 5.97 Å². The number of carboxylic acids is 1. The summed E-state index contributed by atoms with van der Waals surface area (Å²) in [6, 6.07) is 3.26. The third-order valence-corrected chi connectivity index (χ3v) is 2.98. The molecule has 0 aliphatic heterocycles. The number of halogens is 1. The van der Waals surface area contributed by atoms with Crippen LogP contribution < -0.4 is 11.1 Å². The molecule has 0 bridgehead atoms. The smallest absolute Gasteiger partial charge is 0.326 e. The summed E-state index contributed by atoms with van der Waals surface area (Å²) in [5.74, 6) is -1.70. The van der Waals surface area contributed by atoms with Gasteiger partial charge in [-0.2, -0.15) is 0 Å². The minimum absolute atomic E-state index is 0.0944. The van der Waals surface area contributed by atoms with Gasteiger partial charge in [0.1, 0.15) is 6.04 Å². The van der Waals surface area contributed by atoms with Crippen molar-refractivity contribution in [1.29, 1.82) is 0 Å². The van der Waals surface area contributed by atoms with Crippen molar-refractivity contribution in [3.63, 3.8) is 0 Å². The molecular formula is C13H13ClN4O3. The SMILES string of the molecule is Nc1cc(Cl)cc(C(=O)N[C@H](Cc2cnc[nH]2)C(=O)O)c1. The first-order valence-electron chi connectivity index (χ1n) is 6.02. The maximum Gasteiger partial charge on any atom is 0.326 e. The molecule has 8 heteroatoms. The fourth-order valence-electron chi connectivity index (χ4n) is 1.80. The molecule has 21 heavy (non-hydrogen) atoms. The lowest BCUT2D eigenvalue weighted by molar-refractivity contribution is -0.139. The van der Waals surface area contributed by atoms with Crippen molar-refractivity contribution in [2.75, 3.05) is 5.73 Å². The number of nitrogen functional groups attached to an aromatic ring is 1. The molecule has 5 N–H and O–H groups in total. The Kier molecular flexibility index (Phi) is 4.44. The highest BCUT2D eigenvalue weighted by Crippen LogP contribution is 2.16. The molecule has 2 rings (SSSR count). The average Bonchev–Trinajstić information content (AvgIpc) is 2.89. The highest BCUT2D eigenvalue weighted by molar-refractivity contribution is 6.31. The van der Waals surface area contributed by atoms with E-state index in [4.69, 9.17) is 17.3 Å². The number of aromatic nitrogens is 2. The van der Waals surface area contributed by atoms with Crippen molar-refractivity contribution in [3.8, 4) is 0 Å². The van der Waals surface area contributed by atoms with Gasteiger partial charge in [-0.15, -0.1) is 0 Å². The Labute approximate surface area is 125 Å². The van der Waals surface area contributed by atoms with Gasteiger partial charge in [0.15, 0.2) is 0 Å². The van der Waals surface area contributed by atoms with E-state index in [2.05, 4.69) is 15.3 Å². The molecule has 0 aliphatic carbocycles. The molecule has 1 atom stereocenters. The number of hydrogen-bond acceptors (Lipinski definition) is 4. The Balaban J connectivity index is 2.12. The summed E-state index contributed by atoms with van der Waals surface area (Å²) in [7, 11) is 0. The molecule has 0 fully saturated rings. The topological polar surface area (TPSA) is 121 Å². The molecule has 0 saturated heterocycles. The minimum atomic E-state index is -1.15. The molecule has 1 aromatic heterocycles. The third kappa shape index (κ3) is 3.96. The van der Waals surface area contributed by atoms with E-state index in [9.17, 15) is 14.7 Å². The lowest BCUT2D eigenvalue weighted by Crippen LogP contribution is -2.42. The van der Waals surface area contributed by atoms with Gasteiger partial charge in [0, 0.05) is 34.6 Å². The van der Waals surface area contributed by atoms with Crippen LogP contribution in [0.5, 0.6) is 0 Å². The Hall–Kier alpha value is -2.54. The largest absolute Gasteiger partial charge is 0.480 e. The number of carbonyl (C=O) groups is 2. The summed E-state index contributed by atoms with van der Waals surface area (Å²) in [6.07, 6.45) is 3.03. The first kappa shape index (κ1) is 14.9. The number of aromatic amines is 1. The molecule has 0 spiro atoms. The molecule has 2 aromatic rings.